The molecule has 3 aromatic rings. The number of aromatic amines is 2. The maximum atomic E-state index is 12.2. The Morgan fingerprint density at radius 3 is 2.69 bits per heavy atom. The number of nitrogens with two attached hydrogens (primary N) is 1. The summed E-state index contributed by atoms with van der Waals surface area (Å²) in [6.07, 6.45) is 3.88. The van der Waals surface area contributed by atoms with E-state index in [0.29, 0.717) is 11.3 Å². The van der Waals surface area contributed by atoms with E-state index in [0.717, 1.165) is 30.5 Å². The highest BCUT2D eigenvalue weighted by molar-refractivity contribution is 5.91. The van der Waals surface area contributed by atoms with Gasteiger partial charge in [0.05, 0.1) is 11.3 Å². The number of aromatic nitrogens is 2. The molecule has 0 spiro atoms. The summed E-state index contributed by atoms with van der Waals surface area (Å²) in [6, 6.07) is 12.5. The zero-order valence-corrected chi connectivity index (χ0v) is 14.5. The van der Waals surface area contributed by atoms with E-state index >= 15 is 0 Å². The summed E-state index contributed by atoms with van der Waals surface area (Å²) in [4.78, 5) is 31.6. The van der Waals surface area contributed by atoms with Crippen molar-refractivity contribution in [3.8, 4) is 11.3 Å². The molecule has 0 bridgehead atoms. The summed E-state index contributed by atoms with van der Waals surface area (Å²) in [6.45, 7) is 3.28. The number of pyridine rings is 1. The van der Waals surface area contributed by atoms with Crippen LogP contribution in [-0.2, 0) is 6.54 Å². The van der Waals surface area contributed by atoms with E-state index in [9.17, 15) is 9.59 Å². The van der Waals surface area contributed by atoms with Crippen LogP contribution in [0.4, 0.5) is 0 Å². The monoisotopic (exact) mass is 349 g/mol. The molecule has 26 heavy (non-hydrogen) atoms. The summed E-state index contributed by atoms with van der Waals surface area (Å²) in [5, 5.41) is 1.06. The Hall–Kier alpha value is -2.86. The minimum Gasteiger partial charge on any atom is -0.364 e. The number of carbonyl (C=O) groups is 1. The Morgan fingerprint density at radius 2 is 1.96 bits per heavy atom. The van der Waals surface area contributed by atoms with Gasteiger partial charge in [0.25, 0.3) is 11.5 Å². The quantitative estimate of drug-likeness (QED) is 0.675. The normalized spacial score (nSPS) is 15.4. The molecule has 1 aromatic carbocycles. The van der Waals surface area contributed by atoms with Gasteiger partial charge in [0.1, 0.15) is 5.69 Å². The first-order chi connectivity index (χ1) is 12.6. The molecule has 6 heteroatoms. The van der Waals surface area contributed by atoms with E-state index in [2.05, 4.69) is 33.1 Å². The molecule has 1 amide bonds. The molecule has 4 N–H and O–H groups in total. The van der Waals surface area contributed by atoms with Crippen molar-refractivity contribution >= 4 is 16.8 Å². The molecule has 1 saturated heterocycles. The topological polar surface area (TPSA) is 95.0 Å². The fourth-order valence-corrected chi connectivity index (χ4v) is 3.56. The largest absolute Gasteiger partial charge is 0.364 e. The molecule has 0 saturated carbocycles. The lowest BCUT2D eigenvalue weighted by molar-refractivity contribution is 0.0995. The van der Waals surface area contributed by atoms with Gasteiger partial charge in [0.2, 0.25) is 0 Å². The predicted octanol–water partition coefficient (Wildman–Crippen LogP) is 2.41. The van der Waals surface area contributed by atoms with E-state index in [1.807, 2.05) is 12.1 Å². The second-order valence-corrected chi connectivity index (χ2v) is 6.84. The van der Waals surface area contributed by atoms with Crippen LogP contribution in [-0.4, -0.2) is 33.9 Å². The fraction of sp³-hybridized carbons (Fsp3) is 0.300. The number of hydrogen-bond acceptors (Lipinski definition) is 3. The molecule has 133 valence electrons. The van der Waals surface area contributed by atoms with Gasteiger partial charge in [-0.15, -0.1) is 0 Å². The second kappa shape index (κ2) is 6.80. The van der Waals surface area contributed by atoms with Crippen LogP contribution in [0.2, 0.25) is 0 Å². The van der Waals surface area contributed by atoms with Gasteiger partial charge >= 0.3 is 0 Å². The first-order valence-corrected chi connectivity index (χ1v) is 8.89. The van der Waals surface area contributed by atoms with Gasteiger partial charge in [-0.05, 0) is 55.8 Å². The van der Waals surface area contributed by atoms with Crippen molar-refractivity contribution < 1.29 is 4.79 Å². The Balaban J connectivity index is 1.63. The lowest BCUT2D eigenvalue weighted by Gasteiger charge is -2.26. The molecule has 1 fully saturated rings. The first-order valence-electron chi connectivity index (χ1n) is 8.89. The van der Waals surface area contributed by atoms with Crippen molar-refractivity contribution in [1.29, 1.82) is 0 Å². The van der Waals surface area contributed by atoms with Crippen LogP contribution in [0.15, 0.2) is 35.1 Å². The minimum atomic E-state index is -0.701. The van der Waals surface area contributed by atoms with Crippen molar-refractivity contribution in [3.63, 3.8) is 0 Å². The van der Waals surface area contributed by atoms with Crippen molar-refractivity contribution in [2.75, 3.05) is 13.1 Å². The number of carbonyl (C=O) groups excluding carboxylic acids is 1. The lowest BCUT2D eigenvalue weighted by Crippen LogP contribution is -2.28. The van der Waals surface area contributed by atoms with E-state index in [-0.39, 0.29) is 11.3 Å². The van der Waals surface area contributed by atoms with Crippen LogP contribution in [0.25, 0.3) is 22.2 Å². The fourth-order valence-electron chi connectivity index (χ4n) is 3.56. The Kier molecular flexibility index (Phi) is 4.34. The van der Waals surface area contributed by atoms with Gasteiger partial charge in [0.15, 0.2) is 0 Å². The summed E-state index contributed by atoms with van der Waals surface area (Å²) in [7, 11) is 0. The number of nitrogens with one attached hydrogen (secondary N) is 2. The van der Waals surface area contributed by atoms with Crippen molar-refractivity contribution in [1.82, 2.24) is 14.9 Å². The van der Waals surface area contributed by atoms with Crippen molar-refractivity contribution in [2.45, 2.75) is 25.8 Å². The molecule has 6 nitrogen and oxygen atoms in total. The van der Waals surface area contributed by atoms with Crippen LogP contribution in [0.5, 0.6) is 0 Å². The van der Waals surface area contributed by atoms with Crippen LogP contribution in [0.3, 0.4) is 0 Å². The third kappa shape index (κ3) is 3.28. The Morgan fingerprint density at radius 1 is 1.15 bits per heavy atom. The number of fused-ring (bicyclic) bond motifs is 1. The average Bonchev–Trinajstić information content (AvgIpc) is 3.05. The third-order valence-corrected chi connectivity index (χ3v) is 4.92. The highest BCUT2D eigenvalue weighted by atomic mass is 16.1. The standard InChI is InChI=1S/C20H21N4O2/c21-19(25)17-7-5-15(20(26)23-17)18-11-14-10-13(4-6-16(14)22-18)12-24-8-2-1-3-9-24/h4-6,10-11,22H,1-3,8-9,12H2,(H2,21,25)(H,23,26). The van der Waals surface area contributed by atoms with Crippen LogP contribution in [0, 0.1) is 6.07 Å². The van der Waals surface area contributed by atoms with E-state index in [1.165, 1.54) is 30.9 Å². The van der Waals surface area contributed by atoms with Crippen LogP contribution >= 0.6 is 0 Å². The van der Waals surface area contributed by atoms with Crippen LogP contribution < -0.4 is 11.3 Å². The molecule has 3 heterocycles. The van der Waals surface area contributed by atoms with Gasteiger partial charge in [-0.1, -0.05) is 12.5 Å². The average molecular weight is 349 g/mol. The molecule has 0 unspecified atom stereocenters. The highest BCUT2D eigenvalue weighted by Gasteiger charge is 2.13. The Labute approximate surface area is 151 Å². The van der Waals surface area contributed by atoms with Gasteiger partial charge in [-0.3, -0.25) is 14.5 Å². The molecular weight excluding hydrogens is 328 g/mol. The lowest BCUT2D eigenvalue weighted by atomic mass is 10.1. The molecule has 1 radical (unpaired) electrons. The SMILES string of the molecule is NC(=O)c1[c]cc(-c2cc3cc(CN4CCCCC4)ccc3[nH]2)c(=O)[nH]1. The Bertz CT molecular complexity index is 1010. The number of likely N-dealkylation sites (tertiary alicyclic amines) is 1. The van der Waals surface area contributed by atoms with Gasteiger partial charge in [-0.25, -0.2) is 0 Å². The summed E-state index contributed by atoms with van der Waals surface area (Å²) >= 11 is 0. The number of H-pyrrole nitrogens is 2. The molecule has 2 aromatic heterocycles. The number of primary amides is 1. The molecule has 1 aliphatic heterocycles. The van der Waals surface area contributed by atoms with Crippen molar-refractivity contribution in [3.05, 3.63) is 58.0 Å². The predicted molar refractivity (Wildman–Crippen MR) is 101 cm³/mol. The van der Waals surface area contributed by atoms with Gasteiger partial charge in [-0.2, -0.15) is 0 Å². The third-order valence-electron chi connectivity index (χ3n) is 4.92. The summed E-state index contributed by atoms with van der Waals surface area (Å²) in [5.74, 6) is -0.701. The number of nitrogens with zero attached hydrogens (tertiary/aromatic N) is 1. The molecular formula is C20H21N4O2. The number of rotatable bonds is 4. The zero-order chi connectivity index (χ0) is 18.1. The van der Waals surface area contributed by atoms with Gasteiger partial charge < -0.3 is 15.7 Å². The maximum absolute atomic E-state index is 12.2. The molecule has 0 aliphatic carbocycles. The van der Waals surface area contributed by atoms with Gasteiger partial charge in [0, 0.05) is 23.5 Å². The minimum absolute atomic E-state index is 0.0151. The number of hydrogen-bond donors (Lipinski definition) is 3. The summed E-state index contributed by atoms with van der Waals surface area (Å²) in [5.41, 5.74) is 8.17. The summed E-state index contributed by atoms with van der Waals surface area (Å²) < 4.78 is 0. The smallest absolute Gasteiger partial charge is 0.265 e. The van der Waals surface area contributed by atoms with E-state index < -0.39 is 5.91 Å². The maximum Gasteiger partial charge on any atom is 0.265 e. The molecule has 1 aliphatic rings. The first kappa shape index (κ1) is 16.6. The number of amides is 1. The molecule has 4 rings (SSSR count). The van der Waals surface area contributed by atoms with Crippen LogP contribution in [0.1, 0.15) is 35.3 Å². The number of benzene rings is 1. The number of piperidine rings is 1. The van der Waals surface area contributed by atoms with E-state index in [4.69, 9.17) is 5.73 Å². The second-order valence-electron chi connectivity index (χ2n) is 6.84. The molecule has 0 atom stereocenters. The zero-order valence-electron chi connectivity index (χ0n) is 14.5. The van der Waals surface area contributed by atoms with E-state index in [1.54, 1.807) is 0 Å². The highest BCUT2D eigenvalue weighted by Crippen LogP contribution is 2.24. The van der Waals surface area contributed by atoms with Crippen molar-refractivity contribution in [2.24, 2.45) is 5.73 Å².